The molecule has 26 heavy (non-hydrogen) atoms. The number of hydrogen-bond acceptors (Lipinski definition) is 5. The number of nitrogens with zero attached hydrogens (tertiary/aromatic N) is 2. The molecule has 0 fully saturated rings. The van der Waals surface area contributed by atoms with Gasteiger partial charge in [-0.25, -0.2) is 8.42 Å². The van der Waals surface area contributed by atoms with Crippen molar-refractivity contribution < 1.29 is 8.42 Å². The maximum absolute atomic E-state index is 12.6. The SMILES string of the molecule is O=S(=O)(Nc1nnc(Cc2ccccc2)s1)c1ccc2ccccc2c1. The lowest BCUT2D eigenvalue weighted by atomic mass is 10.1. The highest BCUT2D eigenvalue weighted by atomic mass is 32.2. The Bertz CT molecular complexity index is 1160. The minimum atomic E-state index is -3.71. The Balaban J connectivity index is 1.55. The first-order valence-electron chi connectivity index (χ1n) is 7.98. The van der Waals surface area contributed by atoms with Gasteiger partial charge in [-0.15, -0.1) is 10.2 Å². The number of hydrogen-bond donors (Lipinski definition) is 1. The van der Waals surface area contributed by atoms with Crippen molar-refractivity contribution in [1.29, 1.82) is 0 Å². The highest BCUT2D eigenvalue weighted by Gasteiger charge is 2.17. The lowest BCUT2D eigenvalue weighted by Gasteiger charge is -2.06. The molecule has 0 aliphatic heterocycles. The Morgan fingerprint density at radius 3 is 2.38 bits per heavy atom. The quantitative estimate of drug-likeness (QED) is 0.565. The third-order valence-corrected chi connectivity index (χ3v) is 6.22. The van der Waals surface area contributed by atoms with Crippen molar-refractivity contribution in [2.24, 2.45) is 0 Å². The van der Waals surface area contributed by atoms with Crippen molar-refractivity contribution in [3.05, 3.63) is 83.4 Å². The van der Waals surface area contributed by atoms with Crippen molar-refractivity contribution in [3.63, 3.8) is 0 Å². The van der Waals surface area contributed by atoms with Gasteiger partial charge < -0.3 is 0 Å². The Morgan fingerprint density at radius 2 is 1.58 bits per heavy atom. The van der Waals surface area contributed by atoms with Gasteiger partial charge in [-0.05, 0) is 28.5 Å². The van der Waals surface area contributed by atoms with Crippen LogP contribution in [0.1, 0.15) is 10.6 Å². The van der Waals surface area contributed by atoms with Crippen molar-refractivity contribution in [3.8, 4) is 0 Å². The van der Waals surface area contributed by atoms with Crippen molar-refractivity contribution in [1.82, 2.24) is 10.2 Å². The minimum absolute atomic E-state index is 0.205. The van der Waals surface area contributed by atoms with Crippen LogP contribution in [0.5, 0.6) is 0 Å². The summed E-state index contributed by atoms with van der Waals surface area (Å²) >= 11 is 1.24. The Labute approximate surface area is 155 Å². The van der Waals surface area contributed by atoms with E-state index >= 15 is 0 Å². The minimum Gasteiger partial charge on any atom is -0.253 e. The van der Waals surface area contributed by atoms with Gasteiger partial charge in [-0.3, -0.25) is 4.72 Å². The standard InChI is InChI=1S/C19H15N3O2S2/c23-26(24,17-11-10-15-8-4-5-9-16(15)13-17)22-19-21-20-18(25-19)12-14-6-2-1-3-7-14/h1-11,13H,12H2,(H,21,22). The predicted molar refractivity (Wildman–Crippen MR) is 104 cm³/mol. The van der Waals surface area contributed by atoms with E-state index in [1.165, 1.54) is 11.3 Å². The lowest BCUT2D eigenvalue weighted by Crippen LogP contribution is -2.12. The maximum atomic E-state index is 12.6. The number of rotatable bonds is 5. The van der Waals surface area contributed by atoms with Gasteiger partial charge in [0.2, 0.25) is 5.13 Å². The molecule has 0 bridgehead atoms. The molecule has 130 valence electrons. The number of fused-ring (bicyclic) bond motifs is 1. The van der Waals surface area contributed by atoms with E-state index in [0.717, 1.165) is 21.3 Å². The van der Waals surface area contributed by atoms with Gasteiger partial charge >= 0.3 is 0 Å². The second-order valence-electron chi connectivity index (χ2n) is 5.78. The molecular formula is C19H15N3O2S2. The molecule has 4 rings (SSSR count). The van der Waals surface area contributed by atoms with Gasteiger partial charge in [0.25, 0.3) is 10.0 Å². The van der Waals surface area contributed by atoms with Gasteiger partial charge in [-0.1, -0.05) is 72.0 Å². The summed E-state index contributed by atoms with van der Waals surface area (Å²) in [5.41, 5.74) is 1.10. The van der Waals surface area contributed by atoms with Crippen LogP contribution in [0.15, 0.2) is 77.7 Å². The fourth-order valence-corrected chi connectivity index (χ4v) is 4.68. The fourth-order valence-electron chi connectivity index (χ4n) is 2.65. The number of nitrogens with one attached hydrogen (secondary N) is 1. The molecule has 0 amide bonds. The summed E-state index contributed by atoms with van der Waals surface area (Å²) in [5, 5.41) is 10.9. The van der Waals surface area contributed by atoms with E-state index in [1.807, 2.05) is 54.6 Å². The smallest absolute Gasteiger partial charge is 0.253 e. The first-order chi connectivity index (χ1) is 12.6. The highest BCUT2D eigenvalue weighted by molar-refractivity contribution is 7.93. The topological polar surface area (TPSA) is 72.0 Å². The third-order valence-electron chi connectivity index (χ3n) is 3.92. The molecule has 5 nitrogen and oxygen atoms in total. The molecule has 0 spiro atoms. The molecule has 1 aromatic heterocycles. The van der Waals surface area contributed by atoms with Gasteiger partial charge in [0.1, 0.15) is 5.01 Å². The average molecular weight is 381 g/mol. The first-order valence-corrected chi connectivity index (χ1v) is 10.3. The average Bonchev–Trinajstić information content (AvgIpc) is 3.08. The molecule has 0 aliphatic rings. The normalized spacial score (nSPS) is 11.5. The van der Waals surface area contributed by atoms with Crippen LogP contribution in [0.3, 0.4) is 0 Å². The third kappa shape index (κ3) is 3.58. The molecule has 0 aliphatic carbocycles. The van der Waals surface area contributed by atoms with Crippen molar-refractivity contribution >= 4 is 37.3 Å². The summed E-state index contributed by atoms with van der Waals surface area (Å²) in [6, 6.07) is 22.5. The van der Waals surface area contributed by atoms with Crippen LogP contribution in [-0.2, 0) is 16.4 Å². The van der Waals surface area contributed by atoms with Crippen LogP contribution >= 0.6 is 11.3 Å². The summed E-state index contributed by atoms with van der Waals surface area (Å²) < 4.78 is 27.8. The van der Waals surface area contributed by atoms with Crippen LogP contribution in [0, 0.1) is 0 Å². The van der Waals surface area contributed by atoms with E-state index < -0.39 is 10.0 Å². The van der Waals surface area contributed by atoms with Gasteiger partial charge in [0, 0.05) is 6.42 Å². The number of anilines is 1. The summed E-state index contributed by atoms with van der Waals surface area (Å²) in [5.74, 6) is 0. The van der Waals surface area contributed by atoms with Crippen LogP contribution in [0.4, 0.5) is 5.13 Å². The van der Waals surface area contributed by atoms with Crippen LogP contribution in [0.25, 0.3) is 10.8 Å². The second kappa shape index (κ2) is 6.86. The number of benzene rings is 3. The lowest BCUT2D eigenvalue weighted by molar-refractivity contribution is 0.601. The van der Waals surface area contributed by atoms with Crippen molar-refractivity contribution in [2.45, 2.75) is 11.3 Å². The van der Waals surface area contributed by atoms with E-state index in [2.05, 4.69) is 14.9 Å². The van der Waals surface area contributed by atoms with Gasteiger partial charge in [0.05, 0.1) is 4.90 Å². The molecule has 0 saturated carbocycles. The van der Waals surface area contributed by atoms with E-state index in [4.69, 9.17) is 0 Å². The maximum Gasteiger partial charge on any atom is 0.263 e. The van der Waals surface area contributed by atoms with E-state index in [9.17, 15) is 8.42 Å². The molecular weight excluding hydrogens is 366 g/mol. The fraction of sp³-hybridized carbons (Fsp3) is 0.0526. The largest absolute Gasteiger partial charge is 0.263 e. The summed E-state index contributed by atoms with van der Waals surface area (Å²) in [7, 11) is -3.71. The van der Waals surface area contributed by atoms with Crippen LogP contribution < -0.4 is 4.72 Å². The summed E-state index contributed by atoms with van der Waals surface area (Å²) in [6.07, 6.45) is 0.621. The Kier molecular flexibility index (Phi) is 4.40. The molecule has 1 heterocycles. The summed E-state index contributed by atoms with van der Waals surface area (Å²) in [6.45, 7) is 0. The molecule has 3 aromatic carbocycles. The van der Waals surface area contributed by atoms with Crippen LogP contribution in [-0.4, -0.2) is 18.6 Å². The zero-order chi connectivity index (χ0) is 18.0. The predicted octanol–water partition coefficient (Wildman–Crippen LogP) is 4.08. The Morgan fingerprint density at radius 1 is 0.846 bits per heavy atom. The molecule has 0 radical (unpaired) electrons. The molecule has 4 aromatic rings. The zero-order valence-electron chi connectivity index (χ0n) is 13.7. The van der Waals surface area contributed by atoms with Gasteiger partial charge in [-0.2, -0.15) is 0 Å². The van der Waals surface area contributed by atoms with E-state index in [-0.39, 0.29) is 10.0 Å². The Hall–Kier alpha value is -2.77. The molecule has 0 unspecified atom stereocenters. The second-order valence-corrected chi connectivity index (χ2v) is 8.52. The molecule has 1 N–H and O–H groups in total. The number of sulfonamides is 1. The van der Waals surface area contributed by atoms with Crippen molar-refractivity contribution in [2.75, 3.05) is 4.72 Å². The first kappa shape index (κ1) is 16.7. The highest BCUT2D eigenvalue weighted by Crippen LogP contribution is 2.24. The molecule has 0 atom stereocenters. The van der Waals surface area contributed by atoms with E-state index in [0.29, 0.717) is 6.42 Å². The van der Waals surface area contributed by atoms with Crippen LogP contribution in [0.2, 0.25) is 0 Å². The number of aromatic nitrogens is 2. The van der Waals surface area contributed by atoms with E-state index in [1.54, 1.807) is 18.2 Å². The monoisotopic (exact) mass is 381 g/mol. The molecule has 7 heteroatoms. The zero-order valence-corrected chi connectivity index (χ0v) is 15.3. The summed E-state index contributed by atoms with van der Waals surface area (Å²) in [4.78, 5) is 0.205. The molecule has 0 saturated heterocycles. The van der Waals surface area contributed by atoms with Gasteiger partial charge in [0.15, 0.2) is 0 Å².